The van der Waals surface area contributed by atoms with Crippen LogP contribution in [0, 0.1) is 0 Å². The van der Waals surface area contributed by atoms with E-state index in [-0.39, 0.29) is 17.7 Å². The molecule has 1 heterocycles. The van der Waals surface area contributed by atoms with Crippen LogP contribution in [0.1, 0.15) is 24.3 Å². The summed E-state index contributed by atoms with van der Waals surface area (Å²) in [5.74, 6) is -0.814. The van der Waals surface area contributed by atoms with E-state index in [1.54, 1.807) is 0 Å². The summed E-state index contributed by atoms with van der Waals surface area (Å²) >= 11 is 9.43. The Morgan fingerprint density at radius 2 is 2.12 bits per heavy atom. The van der Waals surface area contributed by atoms with Crippen molar-refractivity contribution in [3.63, 3.8) is 0 Å². The lowest BCUT2D eigenvalue weighted by Crippen LogP contribution is -2.39. The third-order valence-corrected chi connectivity index (χ3v) is 3.91. The number of hydrogen-bond donors (Lipinski definition) is 1. The summed E-state index contributed by atoms with van der Waals surface area (Å²) in [5.41, 5.74) is 0.765. The van der Waals surface area contributed by atoms with Gasteiger partial charge < -0.3 is 0 Å². The highest BCUT2D eigenvalue weighted by atomic mass is 79.9. The van der Waals surface area contributed by atoms with E-state index in [2.05, 4.69) is 21.2 Å². The topological polar surface area (TPSA) is 46.2 Å². The van der Waals surface area contributed by atoms with E-state index in [0.717, 1.165) is 10.0 Å². The Morgan fingerprint density at radius 3 is 2.81 bits per heavy atom. The van der Waals surface area contributed by atoms with Gasteiger partial charge in [-0.2, -0.15) is 0 Å². The van der Waals surface area contributed by atoms with E-state index < -0.39 is 0 Å². The maximum Gasteiger partial charge on any atom is 0.234 e. The number of hydrogen-bond acceptors (Lipinski definition) is 2. The summed E-state index contributed by atoms with van der Waals surface area (Å²) < 4.78 is 0.761. The molecule has 1 atom stereocenters. The molecule has 1 N–H and O–H groups in total. The van der Waals surface area contributed by atoms with E-state index in [4.69, 9.17) is 11.6 Å². The lowest BCUT2D eigenvalue weighted by Gasteiger charge is -2.22. The van der Waals surface area contributed by atoms with Crippen LogP contribution in [0.2, 0.25) is 5.02 Å². The molecular formula is C11H9BrClNO2. The van der Waals surface area contributed by atoms with Crippen LogP contribution in [0.15, 0.2) is 22.7 Å². The Kier molecular flexibility index (Phi) is 3.30. The number of benzene rings is 1. The average molecular weight is 303 g/mol. The smallest absolute Gasteiger partial charge is 0.234 e. The first-order chi connectivity index (χ1) is 7.59. The average Bonchev–Trinajstić information content (AvgIpc) is 2.23. The number of nitrogens with one attached hydrogen (secondary N) is 1. The third kappa shape index (κ3) is 2.13. The van der Waals surface area contributed by atoms with Crippen molar-refractivity contribution < 1.29 is 9.59 Å². The number of carbonyl (C=O) groups excluding carboxylic acids is 2. The fourth-order valence-corrected chi connectivity index (χ4v) is 2.42. The van der Waals surface area contributed by atoms with Gasteiger partial charge in [-0.3, -0.25) is 14.9 Å². The van der Waals surface area contributed by atoms with Gasteiger partial charge in [-0.25, -0.2) is 0 Å². The minimum absolute atomic E-state index is 0.215. The standard InChI is InChI=1S/C11H9BrClNO2/c12-8-3-1-2-6(10(8)13)7-4-5-9(15)14-11(7)16/h1-3,7H,4-5H2,(H,14,15,16). The lowest BCUT2D eigenvalue weighted by atomic mass is 9.90. The molecular weight excluding hydrogens is 293 g/mol. The molecule has 0 radical (unpaired) electrons. The van der Waals surface area contributed by atoms with E-state index >= 15 is 0 Å². The number of carbonyl (C=O) groups is 2. The van der Waals surface area contributed by atoms with Gasteiger partial charge in [0.05, 0.1) is 10.9 Å². The quantitative estimate of drug-likeness (QED) is 0.811. The summed E-state index contributed by atoms with van der Waals surface area (Å²) in [6.45, 7) is 0. The van der Waals surface area contributed by atoms with E-state index in [1.165, 1.54) is 0 Å². The highest BCUT2D eigenvalue weighted by molar-refractivity contribution is 9.10. The van der Waals surface area contributed by atoms with Crippen molar-refractivity contribution in [1.29, 1.82) is 0 Å². The van der Waals surface area contributed by atoms with Crippen LogP contribution in [0.5, 0.6) is 0 Å². The molecule has 1 saturated heterocycles. The summed E-state index contributed by atoms with van der Waals surface area (Å²) in [6, 6.07) is 5.46. The monoisotopic (exact) mass is 301 g/mol. The van der Waals surface area contributed by atoms with Crippen molar-refractivity contribution in [2.24, 2.45) is 0 Å². The Morgan fingerprint density at radius 1 is 1.38 bits per heavy atom. The second-order valence-electron chi connectivity index (χ2n) is 3.65. The molecule has 1 aliphatic rings. The number of amides is 2. The normalized spacial score (nSPS) is 20.8. The molecule has 0 aromatic heterocycles. The summed E-state index contributed by atoms with van der Waals surface area (Å²) in [5, 5.41) is 2.86. The number of imide groups is 1. The van der Waals surface area contributed by atoms with Gasteiger partial charge >= 0.3 is 0 Å². The minimum Gasteiger partial charge on any atom is -0.296 e. The summed E-state index contributed by atoms with van der Waals surface area (Å²) in [7, 11) is 0. The predicted octanol–water partition coefficient (Wildman–Crippen LogP) is 2.62. The maximum atomic E-state index is 11.7. The fourth-order valence-electron chi connectivity index (χ4n) is 1.78. The van der Waals surface area contributed by atoms with Crippen LogP contribution in [-0.4, -0.2) is 11.8 Å². The zero-order valence-corrected chi connectivity index (χ0v) is 10.6. The second-order valence-corrected chi connectivity index (χ2v) is 4.88. The van der Waals surface area contributed by atoms with Crippen LogP contribution in [0.4, 0.5) is 0 Å². The van der Waals surface area contributed by atoms with Crippen molar-refractivity contribution in [2.75, 3.05) is 0 Å². The zero-order chi connectivity index (χ0) is 11.7. The molecule has 1 aromatic rings. The van der Waals surface area contributed by atoms with Crippen molar-refractivity contribution >= 4 is 39.3 Å². The maximum absolute atomic E-state index is 11.7. The molecule has 0 bridgehead atoms. The SMILES string of the molecule is O=C1CCC(c2cccc(Br)c2Cl)C(=O)N1. The van der Waals surface area contributed by atoms with Gasteiger partial charge in [0.2, 0.25) is 11.8 Å². The molecule has 84 valence electrons. The van der Waals surface area contributed by atoms with Crippen LogP contribution >= 0.6 is 27.5 Å². The number of piperidine rings is 1. The number of rotatable bonds is 1. The molecule has 1 aliphatic heterocycles. The zero-order valence-electron chi connectivity index (χ0n) is 8.30. The first-order valence-electron chi connectivity index (χ1n) is 4.87. The number of halogens is 2. The molecule has 0 saturated carbocycles. The lowest BCUT2D eigenvalue weighted by molar-refractivity contribution is -0.134. The fraction of sp³-hybridized carbons (Fsp3) is 0.273. The molecule has 1 aromatic carbocycles. The van der Waals surface area contributed by atoms with E-state index in [9.17, 15) is 9.59 Å². The van der Waals surface area contributed by atoms with Crippen LogP contribution in [0.3, 0.4) is 0 Å². The highest BCUT2D eigenvalue weighted by Gasteiger charge is 2.29. The molecule has 3 nitrogen and oxygen atoms in total. The molecule has 2 rings (SSSR count). The minimum atomic E-state index is -0.331. The molecule has 0 spiro atoms. The molecule has 1 fully saturated rings. The van der Waals surface area contributed by atoms with Gasteiger partial charge in [-0.1, -0.05) is 23.7 Å². The summed E-state index contributed by atoms with van der Waals surface area (Å²) in [4.78, 5) is 22.7. The van der Waals surface area contributed by atoms with Gasteiger partial charge in [-0.15, -0.1) is 0 Å². The van der Waals surface area contributed by atoms with Gasteiger partial charge in [0.25, 0.3) is 0 Å². The highest BCUT2D eigenvalue weighted by Crippen LogP contribution is 2.34. The molecule has 0 aliphatic carbocycles. The predicted molar refractivity (Wildman–Crippen MR) is 64.3 cm³/mol. The third-order valence-electron chi connectivity index (χ3n) is 2.60. The van der Waals surface area contributed by atoms with Crippen LogP contribution in [0.25, 0.3) is 0 Å². The van der Waals surface area contributed by atoms with Gasteiger partial charge in [-0.05, 0) is 34.0 Å². The first kappa shape index (κ1) is 11.6. The van der Waals surface area contributed by atoms with E-state index in [1.807, 2.05) is 18.2 Å². The van der Waals surface area contributed by atoms with Crippen molar-refractivity contribution in [2.45, 2.75) is 18.8 Å². The molecule has 1 unspecified atom stereocenters. The summed E-state index contributed by atoms with van der Waals surface area (Å²) in [6.07, 6.45) is 0.875. The van der Waals surface area contributed by atoms with Gasteiger partial charge in [0.1, 0.15) is 0 Å². The molecule has 2 amide bonds. The Hall–Kier alpha value is -0.870. The first-order valence-corrected chi connectivity index (χ1v) is 6.04. The molecule has 16 heavy (non-hydrogen) atoms. The second kappa shape index (κ2) is 4.55. The van der Waals surface area contributed by atoms with Crippen molar-refractivity contribution in [3.8, 4) is 0 Å². The van der Waals surface area contributed by atoms with Crippen molar-refractivity contribution in [3.05, 3.63) is 33.3 Å². The Bertz CT molecular complexity index is 461. The van der Waals surface area contributed by atoms with Gasteiger partial charge in [0, 0.05) is 10.9 Å². The van der Waals surface area contributed by atoms with Crippen molar-refractivity contribution in [1.82, 2.24) is 5.32 Å². The Balaban J connectivity index is 2.34. The largest absolute Gasteiger partial charge is 0.296 e. The van der Waals surface area contributed by atoms with Crippen LogP contribution in [-0.2, 0) is 9.59 Å². The Labute approximate surface area is 106 Å². The van der Waals surface area contributed by atoms with E-state index in [0.29, 0.717) is 17.9 Å². The van der Waals surface area contributed by atoms with Crippen LogP contribution < -0.4 is 5.32 Å². The van der Waals surface area contributed by atoms with Gasteiger partial charge in [0.15, 0.2) is 0 Å². The molecule has 5 heteroatoms.